The summed E-state index contributed by atoms with van der Waals surface area (Å²) in [5.74, 6) is 0.954. The molecule has 0 amide bonds. The Hall–Kier alpha value is -1.80. The second-order valence-electron chi connectivity index (χ2n) is 5.62. The fraction of sp³-hybridized carbons (Fsp3) is 0.368. The molecular weight excluding hydrogens is 258 g/mol. The minimum Gasteiger partial charge on any atom is -0.496 e. The molecule has 2 aromatic rings. The largest absolute Gasteiger partial charge is 0.496 e. The van der Waals surface area contributed by atoms with E-state index in [1.807, 2.05) is 12.1 Å². The Labute approximate surface area is 128 Å². The van der Waals surface area contributed by atoms with E-state index in [9.17, 15) is 0 Å². The summed E-state index contributed by atoms with van der Waals surface area (Å²) < 4.78 is 5.38. The van der Waals surface area contributed by atoms with Crippen molar-refractivity contribution in [3.8, 4) is 5.75 Å². The number of hydrogen-bond acceptors (Lipinski definition) is 2. The molecule has 112 valence electrons. The first-order chi connectivity index (χ1) is 10.2. The molecule has 2 rings (SSSR count). The molecule has 0 fully saturated rings. The van der Waals surface area contributed by atoms with Crippen molar-refractivity contribution >= 4 is 0 Å². The third-order valence-electron chi connectivity index (χ3n) is 3.82. The quantitative estimate of drug-likeness (QED) is 0.825. The number of benzene rings is 2. The maximum atomic E-state index is 5.38. The number of hydrogen-bond donors (Lipinski definition) is 1. The fourth-order valence-corrected chi connectivity index (χ4v) is 2.37. The van der Waals surface area contributed by atoms with E-state index in [0.717, 1.165) is 25.1 Å². The molecule has 0 heterocycles. The van der Waals surface area contributed by atoms with Gasteiger partial charge in [0.15, 0.2) is 0 Å². The lowest BCUT2D eigenvalue weighted by Crippen LogP contribution is -2.26. The zero-order chi connectivity index (χ0) is 15.1. The van der Waals surface area contributed by atoms with Crippen molar-refractivity contribution < 1.29 is 4.74 Å². The first-order valence-corrected chi connectivity index (χ1v) is 7.60. The van der Waals surface area contributed by atoms with E-state index < -0.39 is 0 Å². The molecule has 21 heavy (non-hydrogen) atoms. The van der Waals surface area contributed by atoms with Gasteiger partial charge in [-0.15, -0.1) is 0 Å². The maximum absolute atomic E-state index is 5.38. The van der Waals surface area contributed by atoms with E-state index in [2.05, 4.69) is 55.6 Å². The van der Waals surface area contributed by atoms with Gasteiger partial charge >= 0.3 is 0 Å². The topological polar surface area (TPSA) is 21.3 Å². The standard InChI is InChI=1S/C19H25NO/c1-15-8-11-17(12-9-15)13-10-16(2)20-14-18-6-4-5-7-19(18)21-3/h4-9,11-12,16,20H,10,13-14H2,1-3H3. The van der Waals surface area contributed by atoms with Gasteiger partial charge in [0.25, 0.3) is 0 Å². The molecule has 0 aliphatic heterocycles. The van der Waals surface area contributed by atoms with Crippen molar-refractivity contribution in [1.29, 1.82) is 0 Å². The van der Waals surface area contributed by atoms with Crippen molar-refractivity contribution in [2.75, 3.05) is 7.11 Å². The number of nitrogens with one attached hydrogen (secondary N) is 1. The normalized spacial score (nSPS) is 12.1. The Bertz CT molecular complexity index is 548. The van der Waals surface area contributed by atoms with Crippen molar-refractivity contribution in [3.05, 3.63) is 65.2 Å². The molecular formula is C19H25NO. The van der Waals surface area contributed by atoms with E-state index in [1.54, 1.807) is 7.11 Å². The van der Waals surface area contributed by atoms with Gasteiger partial charge < -0.3 is 10.1 Å². The minimum atomic E-state index is 0.483. The highest BCUT2D eigenvalue weighted by Gasteiger charge is 2.05. The van der Waals surface area contributed by atoms with E-state index in [-0.39, 0.29) is 0 Å². The van der Waals surface area contributed by atoms with Gasteiger partial charge in [-0.1, -0.05) is 48.0 Å². The molecule has 0 aromatic heterocycles. The highest BCUT2D eigenvalue weighted by molar-refractivity contribution is 5.33. The zero-order valence-electron chi connectivity index (χ0n) is 13.2. The Morgan fingerprint density at radius 2 is 1.76 bits per heavy atom. The van der Waals surface area contributed by atoms with Gasteiger partial charge in [0.05, 0.1) is 7.11 Å². The van der Waals surface area contributed by atoms with Crippen LogP contribution in [0.25, 0.3) is 0 Å². The minimum absolute atomic E-state index is 0.483. The summed E-state index contributed by atoms with van der Waals surface area (Å²) in [6.45, 7) is 5.21. The van der Waals surface area contributed by atoms with Crippen LogP contribution in [0.1, 0.15) is 30.0 Å². The van der Waals surface area contributed by atoms with Crippen LogP contribution in [0, 0.1) is 6.92 Å². The van der Waals surface area contributed by atoms with Crippen LogP contribution in [-0.4, -0.2) is 13.2 Å². The van der Waals surface area contributed by atoms with Gasteiger partial charge in [-0.25, -0.2) is 0 Å². The lowest BCUT2D eigenvalue weighted by Gasteiger charge is -2.15. The van der Waals surface area contributed by atoms with Crippen LogP contribution in [0.15, 0.2) is 48.5 Å². The summed E-state index contributed by atoms with van der Waals surface area (Å²) in [7, 11) is 1.72. The molecule has 2 nitrogen and oxygen atoms in total. The monoisotopic (exact) mass is 283 g/mol. The highest BCUT2D eigenvalue weighted by Crippen LogP contribution is 2.17. The molecule has 1 atom stereocenters. The highest BCUT2D eigenvalue weighted by atomic mass is 16.5. The van der Waals surface area contributed by atoms with Gasteiger partial charge in [-0.2, -0.15) is 0 Å². The van der Waals surface area contributed by atoms with E-state index in [1.165, 1.54) is 16.7 Å². The summed E-state index contributed by atoms with van der Waals surface area (Å²) in [6, 6.07) is 17.5. The molecule has 0 saturated heterocycles. The average molecular weight is 283 g/mol. The number of aryl methyl sites for hydroxylation is 2. The molecule has 1 N–H and O–H groups in total. The lowest BCUT2D eigenvalue weighted by atomic mass is 10.0. The molecule has 0 spiro atoms. The average Bonchev–Trinajstić information content (AvgIpc) is 2.52. The summed E-state index contributed by atoms with van der Waals surface area (Å²) in [5.41, 5.74) is 3.94. The first-order valence-electron chi connectivity index (χ1n) is 7.60. The third kappa shape index (κ3) is 4.91. The van der Waals surface area contributed by atoms with Crippen molar-refractivity contribution in [1.82, 2.24) is 5.32 Å². The number of rotatable bonds is 7. The van der Waals surface area contributed by atoms with Crippen molar-refractivity contribution in [3.63, 3.8) is 0 Å². The van der Waals surface area contributed by atoms with Crippen LogP contribution in [0.3, 0.4) is 0 Å². The smallest absolute Gasteiger partial charge is 0.123 e. The predicted octanol–water partition coefficient (Wildman–Crippen LogP) is 4.11. The summed E-state index contributed by atoms with van der Waals surface area (Å²) in [6.07, 6.45) is 2.25. The van der Waals surface area contributed by atoms with Crippen LogP contribution in [0.4, 0.5) is 0 Å². The predicted molar refractivity (Wildman–Crippen MR) is 88.8 cm³/mol. The molecule has 0 radical (unpaired) electrons. The van der Waals surface area contributed by atoms with Gasteiger partial charge in [0.1, 0.15) is 5.75 Å². The van der Waals surface area contributed by atoms with Gasteiger partial charge in [-0.05, 0) is 38.3 Å². The van der Waals surface area contributed by atoms with Gasteiger partial charge in [-0.3, -0.25) is 0 Å². The van der Waals surface area contributed by atoms with Crippen LogP contribution < -0.4 is 10.1 Å². The fourth-order valence-electron chi connectivity index (χ4n) is 2.37. The SMILES string of the molecule is COc1ccccc1CNC(C)CCc1ccc(C)cc1. The Kier molecular flexibility index (Phi) is 5.82. The number of para-hydroxylation sites is 1. The van der Waals surface area contributed by atoms with Crippen LogP contribution >= 0.6 is 0 Å². The first kappa shape index (κ1) is 15.6. The zero-order valence-corrected chi connectivity index (χ0v) is 13.2. The van der Waals surface area contributed by atoms with Crippen LogP contribution in [0.2, 0.25) is 0 Å². The Balaban J connectivity index is 1.79. The Morgan fingerprint density at radius 1 is 1.05 bits per heavy atom. The second-order valence-corrected chi connectivity index (χ2v) is 5.62. The lowest BCUT2D eigenvalue weighted by molar-refractivity contribution is 0.405. The van der Waals surface area contributed by atoms with Gasteiger partial charge in [0.2, 0.25) is 0 Å². The van der Waals surface area contributed by atoms with E-state index >= 15 is 0 Å². The molecule has 2 aromatic carbocycles. The number of methoxy groups -OCH3 is 1. The summed E-state index contributed by atoms with van der Waals surface area (Å²) in [4.78, 5) is 0. The molecule has 0 aliphatic carbocycles. The second kappa shape index (κ2) is 7.84. The van der Waals surface area contributed by atoms with Gasteiger partial charge in [0, 0.05) is 18.2 Å². The molecule has 0 saturated carbocycles. The van der Waals surface area contributed by atoms with Crippen LogP contribution in [0.5, 0.6) is 5.75 Å². The molecule has 2 heteroatoms. The summed E-state index contributed by atoms with van der Waals surface area (Å²) in [5, 5.41) is 3.58. The maximum Gasteiger partial charge on any atom is 0.123 e. The molecule has 0 bridgehead atoms. The van der Waals surface area contributed by atoms with Crippen LogP contribution in [-0.2, 0) is 13.0 Å². The Morgan fingerprint density at radius 3 is 2.48 bits per heavy atom. The molecule has 1 unspecified atom stereocenters. The van der Waals surface area contributed by atoms with E-state index in [0.29, 0.717) is 6.04 Å². The van der Waals surface area contributed by atoms with Crippen molar-refractivity contribution in [2.24, 2.45) is 0 Å². The number of ether oxygens (including phenoxy) is 1. The third-order valence-corrected chi connectivity index (χ3v) is 3.82. The summed E-state index contributed by atoms with van der Waals surface area (Å²) >= 11 is 0. The molecule has 0 aliphatic rings. The van der Waals surface area contributed by atoms with Crippen molar-refractivity contribution in [2.45, 2.75) is 39.3 Å². The van der Waals surface area contributed by atoms with E-state index in [4.69, 9.17) is 4.74 Å².